The molecule has 0 bridgehead atoms. The summed E-state index contributed by atoms with van der Waals surface area (Å²) in [6.45, 7) is 8.49. The van der Waals surface area contributed by atoms with Gasteiger partial charge in [-0.25, -0.2) is 14.0 Å². The van der Waals surface area contributed by atoms with E-state index in [1.807, 2.05) is 0 Å². The Hall–Kier alpha value is -2.11. The number of nitrogens with one attached hydrogen (secondary N) is 1. The number of carbonyl (C=O) groups excluding carboxylic acids is 1. The fourth-order valence-corrected chi connectivity index (χ4v) is 2.12. The molecule has 0 saturated heterocycles. The number of hydrogen-bond donors (Lipinski definition) is 2. The van der Waals surface area contributed by atoms with Crippen molar-refractivity contribution in [2.45, 2.75) is 52.7 Å². The molecule has 1 aromatic carbocycles. The van der Waals surface area contributed by atoms with Crippen molar-refractivity contribution in [3.05, 3.63) is 34.6 Å². The first-order valence-corrected chi connectivity index (χ1v) is 6.97. The van der Waals surface area contributed by atoms with Crippen molar-refractivity contribution in [2.75, 3.05) is 0 Å². The molecule has 0 saturated carbocycles. The van der Waals surface area contributed by atoms with Crippen LogP contribution in [0.1, 0.15) is 37.5 Å². The maximum atomic E-state index is 13.3. The van der Waals surface area contributed by atoms with Crippen molar-refractivity contribution in [1.82, 2.24) is 5.32 Å². The summed E-state index contributed by atoms with van der Waals surface area (Å²) in [5, 5.41) is 11.6. The summed E-state index contributed by atoms with van der Waals surface area (Å²) >= 11 is 0. The molecular weight excluding hydrogens is 289 g/mol. The summed E-state index contributed by atoms with van der Waals surface area (Å²) < 4.78 is 18.4. The van der Waals surface area contributed by atoms with Crippen molar-refractivity contribution in [1.29, 1.82) is 0 Å². The van der Waals surface area contributed by atoms with Gasteiger partial charge in [-0.2, -0.15) is 0 Å². The van der Waals surface area contributed by atoms with E-state index in [9.17, 15) is 19.1 Å². The maximum absolute atomic E-state index is 13.3. The molecular formula is C16H22FNO4. The van der Waals surface area contributed by atoms with Crippen LogP contribution in [-0.4, -0.2) is 28.8 Å². The zero-order chi connectivity index (χ0) is 17.1. The van der Waals surface area contributed by atoms with Gasteiger partial charge in [0.05, 0.1) is 0 Å². The van der Waals surface area contributed by atoms with Gasteiger partial charge in [0.25, 0.3) is 0 Å². The van der Waals surface area contributed by atoms with E-state index in [2.05, 4.69) is 5.32 Å². The number of hydrogen-bond acceptors (Lipinski definition) is 3. The first-order valence-electron chi connectivity index (χ1n) is 6.97. The van der Waals surface area contributed by atoms with E-state index in [1.165, 1.54) is 12.1 Å². The highest BCUT2D eigenvalue weighted by Crippen LogP contribution is 2.18. The zero-order valence-electron chi connectivity index (χ0n) is 13.5. The number of carboxylic acid groups (broad SMARTS) is 1. The number of benzene rings is 1. The third-order valence-electron chi connectivity index (χ3n) is 3.06. The van der Waals surface area contributed by atoms with E-state index in [0.717, 1.165) is 0 Å². The third-order valence-corrected chi connectivity index (χ3v) is 3.06. The van der Waals surface area contributed by atoms with E-state index >= 15 is 0 Å². The summed E-state index contributed by atoms with van der Waals surface area (Å²) in [6.07, 6.45) is -0.732. The van der Waals surface area contributed by atoms with Crippen molar-refractivity contribution in [3.8, 4) is 0 Å². The lowest BCUT2D eigenvalue weighted by molar-refractivity contribution is -0.139. The van der Waals surface area contributed by atoms with Crippen LogP contribution in [-0.2, 0) is 16.0 Å². The predicted molar refractivity (Wildman–Crippen MR) is 80.4 cm³/mol. The molecule has 1 atom stereocenters. The molecule has 1 aromatic rings. The lowest BCUT2D eigenvalue weighted by atomic mass is 9.96. The van der Waals surface area contributed by atoms with Gasteiger partial charge in [0.15, 0.2) is 0 Å². The van der Waals surface area contributed by atoms with Crippen LogP contribution in [0.15, 0.2) is 12.1 Å². The molecule has 0 heterocycles. The van der Waals surface area contributed by atoms with Gasteiger partial charge < -0.3 is 15.2 Å². The van der Waals surface area contributed by atoms with Gasteiger partial charge in [0.2, 0.25) is 0 Å². The molecule has 0 radical (unpaired) electrons. The van der Waals surface area contributed by atoms with Crippen molar-refractivity contribution in [2.24, 2.45) is 0 Å². The molecule has 22 heavy (non-hydrogen) atoms. The van der Waals surface area contributed by atoms with E-state index < -0.39 is 23.7 Å². The Labute approximate surface area is 129 Å². The highest BCUT2D eigenvalue weighted by atomic mass is 19.1. The van der Waals surface area contributed by atoms with Crippen LogP contribution in [0.2, 0.25) is 0 Å². The van der Waals surface area contributed by atoms with Gasteiger partial charge in [-0.3, -0.25) is 0 Å². The number of aryl methyl sites for hydroxylation is 2. The fraction of sp³-hybridized carbons (Fsp3) is 0.500. The first kappa shape index (κ1) is 17.9. The summed E-state index contributed by atoms with van der Waals surface area (Å²) in [5.41, 5.74) is 1.28. The van der Waals surface area contributed by atoms with Gasteiger partial charge in [-0.05, 0) is 63.4 Å². The Morgan fingerprint density at radius 1 is 1.27 bits per heavy atom. The molecule has 6 heteroatoms. The van der Waals surface area contributed by atoms with E-state index in [0.29, 0.717) is 16.7 Å². The summed E-state index contributed by atoms with van der Waals surface area (Å²) in [5.74, 6) is -1.54. The molecule has 0 aliphatic carbocycles. The Balaban J connectivity index is 2.90. The number of aliphatic carboxylic acids is 1. The maximum Gasteiger partial charge on any atom is 0.408 e. The lowest BCUT2D eigenvalue weighted by Gasteiger charge is -2.22. The third kappa shape index (κ3) is 5.35. The summed E-state index contributed by atoms with van der Waals surface area (Å²) in [6, 6.07) is 1.54. The molecule has 122 valence electrons. The molecule has 1 amide bonds. The van der Waals surface area contributed by atoms with Crippen LogP contribution >= 0.6 is 0 Å². The van der Waals surface area contributed by atoms with Crippen LogP contribution in [0.25, 0.3) is 0 Å². The number of alkyl carbamates (subject to hydrolysis) is 1. The molecule has 0 spiro atoms. The molecule has 0 fully saturated rings. The quantitative estimate of drug-likeness (QED) is 0.896. The molecule has 0 aromatic heterocycles. The lowest BCUT2D eigenvalue weighted by Crippen LogP contribution is -2.44. The Morgan fingerprint density at radius 2 is 1.77 bits per heavy atom. The topological polar surface area (TPSA) is 75.6 Å². The summed E-state index contributed by atoms with van der Waals surface area (Å²) in [4.78, 5) is 23.1. The second-order valence-corrected chi connectivity index (χ2v) is 6.26. The largest absolute Gasteiger partial charge is 0.480 e. The van der Waals surface area contributed by atoms with Gasteiger partial charge in [-0.15, -0.1) is 0 Å². The van der Waals surface area contributed by atoms with Crippen molar-refractivity contribution < 1.29 is 23.8 Å². The summed E-state index contributed by atoms with van der Waals surface area (Å²) in [7, 11) is 0. The smallest absolute Gasteiger partial charge is 0.408 e. The Kier molecular flexibility index (Phi) is 5.52. The van der Waals surface area contributed by atoms with E-state index in [1.54, 1.807) is 34.6 Å². The monoisotopic (exact) mass is 311 g/mol. The Bertz CT molecular complexity index is 555. The molecule has 0 aliphatic rings. The first-order chi connectivity index (χ1) is 9.99. The van der Waals surface area contributed by atoms with Crippen molar-refractivity contribution in [3.63, 3.8) is 0 Å². The number of carboxylic acids is 1. The van der Waals surface area contributed by atoms with Crippen molar-refractivity contribution >= 4 is 12.1 Å². The number of rotatable bonds is 4. The molecule has 2 N–H and O–H groups in total. The van der Waals surface area contributed by atoms with Gasteiger partial charge in [0, 0.05) is 6.42 Å². The second-order valence-electron chi connectivity index (χ2n) is 6.26. The van der Waals surface area contributed by atoms with Gasteiger partial charge in [-0.1, -0.05) is 0 Å². The minimum atomic E-state index is -1.17. The highest BCUT2D eigenvalue weighted by molar-refractivity contribution is 5.80. The Morgan fingerprint density at radius 3 is 2.18 bits per heavy atom. The van der Waals surface area contributed by atoms with Crippen LogP contribution in [0.4, 0.5) is 9.18 Å². The SMILES string of the molecule is Cc1cc(F)cc(C)c1CC(NC(=O)OC(C)(C)C)C(=O)O. The van der Waals surface area contributed by atoms with Crippen LogP contribution in [0.5, 0.6) is 0 Å². The van der Waals surface area contributed by atoms with Crippen LogP contribution in [0, 0.1) is 19.7 Å². The van der Waals surface area contributed by atoms with Crippen LogP contribution in [0.3, 0.4) is 0 Å². The molecule has 1 unspecified atom stereocenters. The van der Waals surface area contributed by atoms with Gasteiger partial charge in [0.1, 0.15) is 17.5 Å². The van der Waals surface area contributed by atoms with E-state index in [-0.39, 0.29) is 12.2 Å². The fourth-order valence-electron chi connectivity index (χ4n) is 2.12. The molecule has 5 nitrogen and oxygen atoms in total. The predicted octanol–water partition coefficient (Wildman–Crippen LogP) is 2.96. The van der Waals surface area contributed by atoms with Gasteiger partial charge >= 0.3 is 12.1 Å². The van der Waals surface area contributed by atoms with E-state index in [4.69, 9.17) is 4.74 Å². The average molecular weight is 311 g/mol. The standard InChI is InChI=1S/C16H22FNO4/c1-9-6-11(17)7-10(2)12(9)8-13(14(19)20)18-15(21)22-16(3,4)5/h6-7,13H,8H2,1-5H3,(H,18,21)(H,19,20). The number of carbonyl (C=O) groups is 2. The number of amides is 1. The second kappa shape index (κ2) is 6.77. The number of ether oxygens (including phenoxy) is 1. The minimum Gasteiger partial charge on any atom is -0.480 e. The van der Waals surface area contributed by atoms with Crippen LogP contribution < -0.4 is 5.32 Å². The zero-order valence-corrected chi connectivity index (χ0v) is 13.5. The highest BCUT2D eigenvalue weighted by Gasteiger charge is 2.25. The molecule has 1 rings (SSSR count). The average Bonchev–Trinajstić information content (AvgIpc) is 2.29. The molecule has 0 aliphatic heterocycles. The normalized spacial score (nSPS) is 12.6. The number of halogens is 1. The minimum absolute atomic E-state index is 0.0620.